The Labute approximate surface area is 164 Å². The van der Waals surface area contributed by atoms with Crippen LogP contribution in [0.3, 0.4) is 0 Å². The summed E-state index contributed by atoms with van der Waals surface area (Å²) >= 11 is 3.43. The highest BCUT2D eigenvalue weighted by molar-refractivity contribution is 9.10. The minimum atomic E-state index is -0.565. The van der Waals surface area contributed by atoms with E-state index in [9.17, 15) is 9.59 Å². The monoisotopic (exact) mass is 424 g/mol. The fourth-order valence-corrected chi connectivity index (χ4v) is 3.36. The fraction of sp³-hybridized carbons (Fsp3) is 0.600. The molecule has 2 rings (SSSR count). The van der Waals surface area contributed by atoms with Crippen LogP contribution in [0.1, 0.15) is 52.5 Å². The van der Waals surface area contributed by atoms with Crippen molar-refractivity contribution in [2.75, 3.05) is 13.1 Å². The number of likely N-dealkylation sites (N-methyl/N-ethyl adjacent to an activating group) is 1. The molecule has 0 saturated carbocycles. The Morgan fingerprint density at radius 1 is 1.23 bits per heavy atom. The second kappa shape index (κ2) is 8.89. The van der Waals surface area contributed by atoms with Gasteiger partial charge in [-0.05, 0) is 64.7 Å². The van der Waals surface area contributed by atoms with Crippen LogP contribution in [0.15, 0.2) is 28.7 Å². The third-order valence-corrected chi connectivity index (χ3v) is 4.92. The summed E-state index contributed by atoms with van der Waals surface area (Å²) in [5.74, 6) is 0.000905. The first-order valence-electron chi connectivity index (χ1n) is 9.24. The number of likely N-dealkylation sites (tertiary alicyclic amines) is 1. The SMILES string of the molecule is CCN(Cc1ccc(Br)cc1)C(=O)[C@H]1CCCCN1C(=O)OC(C)(C)C. The van der Waals surface area contributed by atoms with Gasteiger partial charge in [0.05, 0.1) is 0 Å². The van der Waals surface area contributed by atoms with E-state index in [1.54, 1.807) is 4.90 Å². The standard InChI is InChI=1S/C20H29BrN2O3/c1-5-22(14-15-9-11-16(21)12-10-15)18(24)17-8-6-7-13-23(17)19(25)26-20(2,3)4/h9-12,17H,5-8,13-14H2,1-4H3/t17-/m1/s1. The number of rotatable bonds is 4. The van der Waals surface area contributed by atoms with E-state index >= 15 is 0 Å². The quantitative estimate of drug-likeness (QED) is 0.709. The zero-order chi connectivity index (χ0) is 19.3. The van der Waals surface area contributed by atoms with Crippen molar-refractivity contribution in [3.63, 3.8) is 0 Å². The Kier molecular flexibility index (Phi) is 7.09. The van der Waals surface area contributed by atoms with Crippen LogP contribution in [0.5, 0.6) is 0 Å². The van der Waals surface area contributed by atoms with Crippen molar-refractivity contribution < 1.29 is 14.3 Å². The first kappa shape index (κ1) is 20.7. The largest absolute Gasteiger partial charge is 0.444 e. The minimum absolute atomic E-state index is 0.000905. The maximum Gasteiger partial charge on any atom is 0.410 e. The molecule has 0 bridgehead atoms. The molecule has 1 aromatic carbocycles. The summed E-state index contributed by atoms with van der Waals surface area (Å²) in [6, 6.07) is 7.52. The topological polar surface area (TPSA) is 49.9 Å². The van der Waals surface area contributed by atoms with Crippen molar-refractivity contribution in [1.82, 2.24) is 9.80 Å². The van der Waals surface area contributed by atoms with Crippen LogP contribution in [0.4, 0.5) is 4.79 Å². The second-order valence-electron chi connectivity index (χ2n) is 7.66. The average Bonchev–Trinajstić information content (AvgIpc) is 2.59. The molecule has 0 aliphatic carbocycles. The Hall–Kier alpha value is -1.56. The van der Waals surface area contributed by atoms with Gasteiger partial charge in [0.1, 0.15) is 11.6 Å². The fourth-order valence-electron chi connectivity index (χ4n) is 3.09. The van der Waals surface area contributed by atoms with Gasteiger partial charge in [-0.3, -0.25) is 9.69 Å². The minimum Gasteiger partial charge on any atom is -0.444 e. The molecular formula is C20H29BrN2O3. The molecule has 1 aromatic rings. The van der Waals surface area contributed by atoms with E-state index in [1.165, 1.54) is 0 Å². The summed E-state index contributed by atoms with van der Waals surface area (Å²) in [6.07, 6.45) is 2.15. The van der Waals surface area contributed by atoms with Crippen LogP contribution in [0.2, 0.25) is 0 Å². The van der Waals surface area contributed by atoms with Crippen LogP contribution < -0.4 is 0 Å². The van der Waals surface area contributed by atoms with Gasteiger partial charge in [-0.15, -0.1) is 0 Å². The molecule has 1 heterocycles. The van der Waals surface area contributed by atoms with E-state index in [1.807, 2.05) is 56.9 Å². The highest BCUT2D eigenvalue weighted by atomic mass is 79.9. The average molecular weight is 425 g/mol. The number of amides is 2. The Bertz CT molecular complexity index is 625. The lowest BCUT2D eigenvalue weighted by Crippen LogP contribution is -2.53. The molecule has 0 aromatic heterocycles. The van der Waals surface area contributed by atoms with Crippen molar-refractivity contribution >= 4 is 27.9 Å². The summed E-state index contributed by atoms with van der Waals surface area (Å²) in [7, 11) is 0. The molecule has 0 unspecified atom stereocenters. The van der Waals surface area contributed by atoms with Gasteiger partial charge in [-0.1, -0.05) is 28.1 Å². The predicted molar refractivity (Wildman–Crippen MR) is 106 cm³/mol. The number of carbonyl (C=O) groups is 2. The summed E-state index contributed by atoms with van der Waals surface area (Å²) in [4.78, 5) is 29.1. The van der Waals surface area contributed by atoms with Gasteiger partial charge < -0.3 is 9.64 Å². The molecule has 26 heavy (non-hydrogen) atoms. The molecule has 5 nitrogen and oxygen atoms in total. The first-order valence-corrected chi connectivity index (χ1v) is 10.0. The van der Waals surface area contributed by atoms with Gasteiger partial charge in [-0.25, -0.2) is 4.79 Å². The number of hydrogen-bond donors (Lipinski definition) is 0. The van der Waals surface area contributed by atoms with Crippen molar-refractivity contribution in [1.29, 1.82) is 0 Å². The Morgan fingerprint density at radius 2 is 1.88 bits per heavy atom. The Balaban J connectivity index is 2.11. The molecule has 6 heteroatoms. The van der Waals surface area contributed by atoms with Gasteiger partial charge in [0, 0.05) is 24.1 Å². The predicted octanol–water partition coefficient (Wildman–Crippen LogP) is 4.59. The number of nitrogens with zero attached hydrogens (tertiary/aromatic N) is 2. The molecule has 0 spiro atoms. The van der Waals surface area contributed by atoms with Crippen LogP contribution in [-0.2, 0) is 16.1 Å². The highest BCUT2D eigenvalue weighted by Crippen LogP contribution is 2.23. The van der Waals surface area contributed by atoms with E-state index in [-0.39, 0.29) is 5.91 Å². The second-order valence-corrected chi connectivity index (χ2v) is 8.58. The lowest BCUT2D eigenvalue weighted by molar-refractivity contribution is -0.138. The molecule has 1 saturated heterocycles. The molecule has 1 fully saturated rings. The summed E-state index contributed by atoms with van der Waals surface area (Å²) in [5, 5.41) is 0. The van der Waals surface area contributed by atoms with Crippen LogP contribution in [-0.4, -0.2) is 46.5 Å². The van der Waals surface area contributed by atoms with Crippen molar-refractivity contribution in [2.24, 2.45) is 0 Å². The van der Waals surface area contributed by atoms with Crippen molar-refractivity contribution in [2.45, 2.75) is 65.1 Å². The highest BCUT2D eigenvalue weighted by Gasteiger charge is 2.36. The summed E-state index contributed by atoms with van der Waals surface area (Å²) in [6.45, 7) is 9.22. The molecule has 1 aliphatic rings. The molecular weight excluding hydrogens is 396 g/mol. The lowest BCUT2D eigenvalue weighted by Gasteiger charge is -2.38. The molecule has 0 radical (unpaired) electrons. The van der Waals surface area contributed by atoms with Crippen molar-refractivity contribution in [3.05, 3.63) is 34.3 Å². The van der Waals surface area contributed by atoms with E-state index in [4.69, 9.17) is 4.74 Å². The molecule has 1 aliphatic heterocycles. The lowest BCUT2D eigenvalue weighted by atomic mass is 10.0. The number of piperidine rings is 1. The normalized spacial score (nSPS) is 17.7. The molecule has 0 N–H and O–H groups in total. The van der Waals surface area contributed by atoms with Crippen LogP contribution >= 0.6 is 15.9 Å². The van der Waals surface area contributed by atoms with E-state index in [2.05, 4.69) is 15.9 Å². The number of ether oxygens (including phenoxy) is 1. The molecule has 144 valence electrons. The first-order chi connectivity index (χ1) is 12.2. The van der Waals surface area contributed by atoms with Gasteiger partial charge in [0.25, 0.3) is 0 Å². The zero-order valence-electron chi connectivity index (χ0n) is 16.1. The third kappa shape index (κ3) is 5.73. The van der Waals surface area contributed by atoms with E-state index < -0.39 is 17.7 Å². The maximum atomic E-state index is 13.1. The summed E-state index contributed by atoms with van der Waals surface area (Å²) < 4.78 is 6.53. The Morgan fingerprint density at radius 3 is 2.46 bits per heavy atom. The molecule has 1 atom stereocenters. The van der Waals surface area contributed by atoms with E-state index in [0.717, 1.165) is 22.9 Å². The number of halogens is 1. The van der Waals surface area contributed by atoms with Crippen LogP contribution in [0.25, 0.3) is 0 Å². The molecule has 2 amide bonds. The number of carbonyl (C=O) groups excluding carboxylic acids is 2. The maximum absolute atomic E-state index is 13.1. The zero-order valence-corrected chi connectivity index (χ0v) is 17.7. The van der Waals surface area contributed by atoms with Gasteiger partial charge in [0.2, 0.25) is 5.91 Å². The number of benzene rings is 1. The van der Waals surface area contributed by atoms with Crippen LogP contribution in [0, 0.1) is 0 Å². The third-order valence-electron chi connectivity index (χ3n) is 4.40. The van der Waals surface area contributed by atoms with Gasteiger partial charge in [0.15, 0.2) is 0 Å². The van der Waals surface area contributed by atoms with Gasteiger partial charge >= 0.3 is 6.09 Å². The van der Waals surface area contributed by atoms with Crippen molar-refractivity contribution in [3.8, 4) is 0 Å². The number of hydrogen-bond acceptors (Lipinski definition) is 3. The van der Waals surface area contributed by atoms with E-state index in [0.29, 0.717) is 26.1 Å². The van der Waals surface area contributed by atoms with Gasteiger partial charge in [-0.2, -0.15) is 0 Å². The summed E-state index contributed by atoms with van der Waals surface area (Å²) in [5.41, 5.74) is 0.507. The smallest absolute Gasteiger partial charge is 0.410 e.